The molecule has 0 spiro atoms. The van der Waals surface area contributed by atoms with Crippen LogP contribution in [0.4, 0.5) is 0 Å². The number of esters is 4. The standard InChI is InChI=1S/C8H8O8/c1-13-5(9)3-4(6(10)14-2)16-8(12)7(11)15-3/h3-4H,1-2H3/t3-,4-/m1/s1. The van der Waals surface area contributed by atoms with E-state index in [1.807, 2.05) is 0 Å². The second kappa shape index (κ2) is 4.60. The lowest BCUT2D eigenvalue weighted by Crippen LogP contribution is -2.52. The summed E-state index contributed by atoms with van der Waals surface area (Å²) in [5, 5.41) is 0. The maximum absolute atomic E-state index is 11.2. The van der Waals surface area contributed by atoms with Gasteiger partial charge in [0.1, 0.15) is 0 Å². The first-order valence-corrected chi connectivity index (χ1v) is 4.08. The highest BCUT2D eigenvalue weighted by Gasteiger charge is 2.48. The highest BCUT2D eigenvalue weighted by Crippen LogP contribution is 2.15. The molecule has 1 heterocycles. The smallest absolute Gasteiger partial charge is 0.418 e. The quantitative estimate of drug-likeness (QED) is 0.311. The van der Waals surface area contributed by atoms with Crippen molar-refractivity contribution >= 4 is 23.9 Å². The predicted molar refractivity (Wildman–Crippen MR) is 43.8 cm³/mol. The zero-order valence-electron chi connectivity index (χ0n) is 8.42. The van der Waals surface area contributed by atoms with Crippen molar-refractivity contribution in [1.29, 1.82) is 0 Å². The Morgan fingerprint density at radius 3 is 1.50 bits per heavy atom. The molecule has 0 aromatic rings. The molecule has 0 aromatic heterocycles. The van der Waals surface area contributed by atoms with Crippen LogP contribution in [0.3, 0.4) is 0 Å². The van der Waals surface area contributed by atoms with Gasteiger partial charge in [0.15, 0.2) is 0 Å². The molecule has 1 aliphatic heterocycles. The van der Waals surface area contributed by atoms with Gasteiger partial charge in [-0.2, -0.15) is 0 Å². The van der Waals surface area contributed by atoms with Gasteiger partial charge in [0.2, 0.25) is 12.2 Å². The van der Waals surface area contributed by atoms with Crippen LogP contribution in [-0.2, 0) is 38.1 Å². The molecule has 0 bridgehead atoms. The summed E-state index contributed by atoms with van der Waals surface area (Å²) in [7, 11) is 2.06. The normalized spacial score (nSPS) is 24.1. The Morgan fingerprint density at radius 1 is 0.938 bits per heavy atom. The molecule has 0 aliphatic carbocycles. The van der Waals surface area contributed by atoms with Crippen molar-refractivity contribution in [2.45, 2.75) is 12.2 Å². The molecule has 8 nitrogen and oxygen atoms in total. The zero-order valence-corrected chi connectivity index (χ0v) is 8.42. The van der Waals surface area contributed by atoms with Crippen LogP contribution in [0.5, 0.6) is 0 Å². The van der Waals surface area contributed by atoms with Gasteiger partial charge in [-0.25, -0.2) is 19.2 Å². The van der Waals surface area contributed by atoms with E-state index in [0.717, 1.165) is 14.2 Å². The second-order valence-electron chi connectivity index (χ2n) is 2.70. The van der Waals surface area contributed by atoms with Crippen LogP contribution in [0.25, 0.3) is 0 Å². The van der Waals surface area contributed by atoms with Gasteiger partial charge in [0.25, 0.3) is 0 Å². The molecule has 0 radical (unpaired) electrons. The molecule has 0 amide bonds. The van der Waals surface area contributed by atoms with Crippen molar-refractivity contribution < 1.29 is 38.1 Å². The summed E-state index contributed by atoms with van der Waals surface area (Å²) in [6.07, 6.45) is -3.27. The molecule has 8 heteroatoms. The topological polar surface area (TPSA) is 105 Å². The van der Waals surface area contributed by atoms with Crippen LogP contribution >= 0.6 is 0 Å². The summed E-state index contributed by atoms with van der Waals surface area (Å²) >= 11 is 0. The summed E-state index contributed by atoms with van der Waals surface area (Å²) in [4.78, 5) is 44.0. The maximum atomic E-state index is 11.2. The van der Waals surface area contributed by atoms with E-state index in [2.05, 4.69) is 18.9 Å². The second-order valence-corrected chi connectivity index (χ2v) is 2.70. The van der Waals surface area contributed by atoms with E-state index < -0.39 is 36.1 Å². The van der Waals surface area contributed by atoms with Crippen LogP contribution in [0.2, 0.25) is 0 Å². The Labute approximate surface area is 89.4 Å². The largest absolute Gasteiger partial charge is 0.466 e. The number of hydrogen-bond donors (Lipinski definition) is 0. The molecule has 0 N–H and O–H groups in total. The van der Waals surface area contributed by atoms with Crippen molar-refractivity contribution in [2.75, 3.05) is 14.2 Å². The average Bonchev–Trinajstić information content (AvgIpc) is 2.30. The molecule has 2 atom stereocenters. The Kier molecular flexibility index (Phi) is 3.44. The highest BCUT2D eigenvalue weighted by atomic mass is 16.7. The number of ether oxygens (including phenoxy) is 4. The van der Waals surface area contributed by atoms with Crippen LogP contribution in [0.1, 0.15) is 0 Å². The third-order valence-corrected chi connectivity index (χ3v) is 1.78. The van der Waals surface area contributed by atoms with Crippen molar-refractivity contribution in [2.24, 2.45) is 0 Å². The Morgan fingerprint density at radius 2 is 1.25 bits per heavy atom. The minimum absolute atomic E-state index is 1.02. The van der Waals surface area contributed by atoms with Crippen molar-refractivity contribution in [3.05, 3.63) is 0 Å². The fourth-order valence-corrected chi connectivity index (χ4v) is 1.03. The molecule has 1 saturated heterocycles. The first-order valence-electron chi connectivity index (χ1n) is 4.08. The maximum Gasteiger partial charge on any atom is 0.418 e. The van der Waals surface area contributed by atoms with E-state index >= 15 is 0 Å². The van der Waals surface area contributed by atoms with Gasteiger partial charge in [-0.05, 0) is 0 Å². The van der Waals surface area contributed by atoms with Crippen LogP contribution in [-0.4, -0.2) is 50.3 Å². The van der Waals surface area contributed by atoms with E-state index in [4.69, 9.17) is 0 Å². The Bertz CT molecular complexity index is 312. The summed E-state index contributed by atoms with van der Waals surface area (Å²) in [6.45, 7) is 0. The molecule has 0 unspecified atom stereocenters. The molecule has 0 saturated carbocycles. The fraction of sp³-hybridized carbons (Fsp3) is 0.500. The molecule has 0 aromatic carbocycles. The van der Waals surface area contributed by atoms with Crippen LogP contribution < -0.4 is 0 Å². The average molecular weight is 232 g/mol. The summed E-state index contributed by atoms with van der Waals surface area (Å²) in [6, 6.07) is 0. The number of cyclic esters (lactones) is 2. The Hall–Kier alpha value is -2.12. The fourth-order valence-electron chi connectivity index (χ4n) is 1.03. The lowest BCUT2D eigenvalue weighted by atomic mass is 10.2. The molecule has 88 valence electrons. The molecule has 1 aliphatic rings. The van der Waals surface area contributed by atoms with Gasteiger partial charge < -0.3 is 18.9 Å². The molecule has 1 fully saturated rings. The third kappa shape index (κ3) is 2.10. The lowest BCUT2D eigenvalue weighted by molar-refractivity contribution is -0.206. The minimum atomic E-state index is -1.64. The van der Waals surface area contributed by atoms with Gasteiger partial charge in [-0.1, -0.05) is 0 Å². The number of methoxy groups -OCH3 is 2. The van der Waals surface area contributed by atoms with E-state index in [0.29, 0.717) is 0 Å². The SMILES string of the molecule is COC(=O)[C@@H]1OC(=O)C(=O)O[C@H]1C(=O)OC. The number of hydrogen-bond acceptors (Lipinski definition) is 8. The summed E-state index contributed by atoms with van der Waals surface area (Å²) in [5.74, 6) is -4.77. The van der Waals surface area contributed by atoms with Crippen LogP contribution in [0, 0.1) is 0 Å². The van der Waals surface area contributed by atoms with Crippen LogP contribution in [0.15, 0.2) is 0 Å². The lowest BCUT2D eigenvalue weighted by Gasteiger charge is -2.26. The minimum Gasteiger partial charge on any atom is -0.466 e. The first-order chi connectivity index (χ1) is 7.51. The predicted octanol–water partition coefficient (Wildman–Crippen LogP) is -1.83. The van der Waals surface area contributed by atoms with Gasteiger partial charge in [0, 0.05) is 0 Å². The first kappa shape index (κ1) is 12.0. The molecule has 16 heavy (non-hydrogen) atoms. The van der Waals surface area contributed by atoms with E-state index in [1.165, 1.54) is 0 Å². The number of carbonyl (C=O) groups is 4. The molecular weight excluding hydrogens is 224 g/mol. The third-order valence-electron chi connectivity index (χ3n) is 1.78. The van der Waals surface area contributed by atoms with Crippen molar-refractivity contribution in [3.63, 3.8) is 0 Å². The van der Waals surface area contributed by atoms with E-state index in [9.17, 15) is 19.2 Å². The highest BCUT2D eigenvalue weighted by molar-refractivity contribution is 6.31. The van der Waals surface area contributed by atoms with Gasteiger partial charge in [0.05, 0.1) is 14.2 Å². The van der Waals surface area contributed by atoms with Gasteiger partial charge in [-0.3, -0.25) is 0 Å². The molecular formula is C8H8O8. The van der Waals surface area contributed by atoms with Crippen molar-refractivity contribution in [3.8, 4) is 0 Å². The van der Waals surface area contributed by atoms with Gasteiger partial charge in [-0.15, -0.1) is 0 Å². The summed E-state index contributed by atoms with van der Waals surface area (Å²) in [5.41, 5.74) is 0. The van der Waals surface area contributed by atoms with Gasteiger partial charge >= 0.3 is 23.9 Å². The van der Waals surface area contributed by atoms with E-state index in [-0.39, 0.29) is 0 Å². The number of carbonyl (C=O) groups excluding carboxylic acids is 4. The zero-order chi connectivity index (χ0) is 12.3. The number of rotatable bonds is 2. The summed E-state index contributed by atoms with van der Waals surface area (Å²) < 4.78 is 17.4. The van der Waals surface area contributed by atoms with E-state index in [1.54, 1.807) is 0 Å². The van der Waals surface area contributed by atoms with Crippen molar-refractivity contribution in [1.82, 2.24) is 0 Å². The Balaban J connectivity index is 2.92. The molecule has 1 rings (SSSR count). The monoisotopic (exact) mass is 232 g/mol.